The van der Waals surface area contributed by atoms with E-state index in [2.05, 4.69) is 20.8 Å². The molecule has 21 heavy (non-hydrogen) atoms. The van der Waals surface area contributed by atoms with Crippen molar-refractivity contribution < 1.29 is 14.6 Å². The molecule has 0 saturated heterocycles. The summed E-state index contributed by atoms with van der Waals surface area (Å²) in [5.41, 5.74) is 1.65. The van der Waals surface area contributed by atoms with Crippen molar-refractivity contribution >= 4 is 5.97 Å². The lowest BCUT2D eigenvalue weighted by Gasteiger charge is -2.35. The highest BCUT2D eigenvalue weighted by Crippen LogP contribution is 2.35. The van der Waals surface area contributed by atoms with Crippen molar-refractivity contribution in [3.05, 3.63) is 35.4 Å². The highest BCUT2D eigenvalue weighted by molar-refractivity contribution is 5.88. The first-order valence-electron chi connectivity index (χ1n) is 7.91. The first kappa shape index (κ1) is 16.0. The van der Waals surface area contributed by atoms with Crippen LogP contribution in [0.15, 0.2) is 24.3 Å². The van der Waals surface area contributed by atoms with Crippen LogP contribution in [0.1, 0.15) is 56.0 Å². The van der Waals surface area contributed by atoms with Gasteiger partial charge in [-0.15, -0.1) is 0 Å². The third-order valence-corrected chi connectivity index (χ3v) is 4.50. The van der Waals surface area contributed by atoms with E-state index in [9.17, 15) is 4.79 Å². The number of carbonyl (C=O) groups excluding carboxylic acids is 1. The SMILES string of the molecule is Cc1ccc(C(=O)OOC2CC(C)CCC2C(C)C)cc1. The summed E-state index contributed by atoms with van der Waals surface area (Å²) in [6.07, 6.45) is 3.35. The lowest BCUT2D eigenvalue weighted by Crippen LogP contribution is -2.34. The molecular weight excluding hydrogens is 264 g/mol. The topological polar surface area (TPSA) is 35.5 Å². The first-order valence-corrected chi connectivity index (χ1v) is 7.91. The Balaban J connectivity index is 1.93. The summed E-state index contributed by atoms with van der Waals surface area (Å²) in [6.45, 7) is 8.63. The maximum absolute atomic E-state index is 12.0. The Hall–Kier alpha value is -1.35. The van der Waals surface area contributed by atoms with E-state index in [1.807, 2.05) is 19.1 Å². The van der Waals surface area contributed by atoms with Gasteiger partial charge in [-0.05, 0) is 49.7 Å². The molecule has 1 aromatic carbocycles. The Kier molecular flexibility index (Phi) is 5.40. The minimum atomic E-state index is -0.407. The molecule has 0 bridgehead atoms. The molecular formula is C18H26O3. The highest BCUT2D eigenvalue weighted by atomic mass is 17.2. The Labute approximate surface area is 127 Å². The summed E-state index contributed by atoms with van der Waals surface area (Å²) >= 11 is 0. The van der Waals surface area contributed by atoms with Crippen LogP contribution in [-0.2, 0) is 9.78 Å². The van der Waals surface area contributed by atoms with Gasteiger partial charge in [-0.3, -0.25) is 4.89 Å². The molecule has 3 nitrogen and oxygen atoms in total. The quantitative estimate of drug-likeness (QED) is 0.603. The molecule has 1 aromatic rings. The van der Waals surface area contributed by atoms with Crippen molar-refractivity contribution in [1.29, 1.82) is 0 Å². The molecule has 0 N–H and O–H groups in total. The second-order valence-corrected chi connectivity index (χ2v) is 6.70. The first-order chi connectivity index (χ1) is 9.97. The zero-order valence-electron chi connectivity index (χ0n) is 13.5. The summed E-state index contributed by atoms with van der Waals surface area (Å²) in [6, 6.07) is 7.33. The molecule has 0 radical (unpaired) electrons. The van der Waals surface area contributed by atoms with E-state index in [1.54, 1.807) is 12.1 Å². The van der Waals surface area contributed by atoms with Gasteiger partial charge >= 0.3 is 5.97 Å². The number of hydrogen-bond donors (Lipinski definition) is 0. The molecule has 3 heteroatoms. The van der Waals surface area contributed by atoms with E-state index in [0.29, 0.717) is 23.3 Å². The van der Waals surface area contributed by atoms with E-state index in [1.165, 1.54) is 6.42 Å². The lowest BCUT2D eigenvalue weighted by molar-refractivity contribution is -0.296. The van der Waals surface area contributed by atoms with E-state index in [4.69, 9.17) is 9.78 Å². The van der Waals surface area contributed by atoms with Gasteiger partial charge in [0.25, 0.3) is 0 Å². The predicted molar refractivity (Wildman–Crippen MR) is 82.8 cm³/mol. The van der Waals surface area contributed by atoms with Crippen LogP contribution in [0.3, 0.4) is 0 Å². The smallest absolute Gasteiger partial charge is 0.293 e. The monoisotopic (exact) mass is 290 g/mol. The van der Waals surface area contributed by atoms with E-state index in [0.717, 1.165) is 18.4 Å². The van der Waals surface area contributed by atoms with Crippen molar-refractivity contribution in [1.82, 2.24) is 0 Å². The molecule has 0 aromatic heterocycles. The maximum Gasteiger partial charge on any atom is 0.373 e. The maximum atomic E-state index is 12.0. The predicted octanol–water partition coefficient (Wildman–Crippen LogP) is 4.54. The molecule has 2 rings (SSSR count). The zero-order chi connectivity index (χ0) is 15.4. The van der Waals surface area contributed by atoms with Crippen molar-refractivity contribution in [2.45, 2.75) is 53.1 Å². The van der Waals surface area contributed by atoms with Gasteiger partial charge in [-0.2, -0.15) is 4.89 Å². The van der Waals surface area contributed by atoms with Gasteiger partial charge in [0.2, 0.25) is 0 Å². The lowest BCUT2D eigenvalue weighted by atomic mass is 9.75. The third kappa shape index (κ3) is 4.31. The van der Waals surface area contributed by atoms with Crippen molar-refractivity contribution in [3.63, 3.8) is 0 Å². The molecule has 1 saturated carbocycles. The van der Waals surface area contributed by atoms with Gasteiger partial charge in [-0.1, -0.05) is 44.9 Å². The normalized spacial score (nSPS) is 25.9. The van der Waals surface area contributed by atoms with E-state index < -0.39 is 5.97 Å². The molecule has 1 aliphatic carbocycles. The second-order valence-electron chi connectivity index (χ2n) is 6.70. The van der Waals surface area contributed by atoms with Crippen molar-refractivity contribution in [3.8, 4) is 0 Å². The molecule has 0 heterocycles. The fraction of sp³-hybridized carbons (Fsp3) is 0.611. The highest BCUT2D eigenvalue weighted by Gasteiger charge is 2.33. The van der Waals surface area contributed by atoms with Crippen LogP contribution >= 0.6 is 0 Å². The van der Waals surface area contributed by atoms with E-state index in [-0.39, 0.29) is 6.10 Å². The molecule has 0 aliphatic heterocycles. The van der Waals surface area contributed by atoms with Gasteiger partial charge in [0.05, 0.1) is 5.56 Å². The van der Waals surface area contributed by atoms with E-state index >= 15 is 0 Å². The molecule has 3 unspecified atom stereocenters. The Bertz CT molecular complexity index is 464. The average Bonchev–Trinajstić information content (AvgIpc) is 2.45. The van der Waals surface area contributed by atoms with Crippen LogP contribution in [0.2, 0.25) is 0 Å². The molecule has 1 aliphatic rings. The summed E-state index contributed by atoms with van der Waals surface area (Å²) in [5.74, 6) is 1.23. The van der Waals surface area contributed by atoms with Crippen LogP contribution in [-0.4, -0.2) is 12.1 Å². The number of aryl methyl sites for hydroxylation is 1. The molecule has 3 atom stereocenters. The van der Waals surface area contributed by atoms with Crippen molar-refractivity contribution in [2.75, 3.05) is 0 Å². The van der Waals surface area contributed by atoms with Crippen LogP contribution in [0.4, 0.5) is 0 Å². The number of hydrogen-bond acceptors (Lipinski definition) is 3. The standard InChI is InChI=1S/C18H26O3/c1-12(2)16-10-7-14(4)11-17(16)20-21-18(19)15-8-5-13(3)6-9-15/h5-6,8-9,12,14,16-17H,7,10-11H2,1-4H3. The number of carbonyl (C=O) groups is 1. The minimum Gasteiger partial charge on any atom is -0.293 e. The fourth-order valence-corrected chi connectivity index (χ4v) is 3.07. The zero-order valence-corrected chi connectivity index (χ0v) is 13.5. The van der Waals surface area contributed by atoms with Crippen LogP contribution in [0.25, 0.3) is 0 Å². The van der Waals surface area contributed by atoms with Crippen LogP contribution < -0.4 is 0 Å². The van der Waals surface area contributed by atoms with Gasteiger partial charge in [0.15, 0.2) is 0 Å². The van der Waals surface area contributed by atoms with Gasteiger partial charge in [0, 0.05) is 0 Å². The minimum absolute atomic E-state index is 0.0168. The summed E-state index contributed by atoms with van der Waals surface area (Å²) < 4.78 is 0. The molecule has 116 valence electrons. The summed E-state index contributed by atoms with van der Waals surface area (Å²) in [4.78, 5) is 22.6. The number of benzene rings is 1. The average molecular weight is 290 g/mol. The van der Waals surface area contributed by atoms with Crippen molar-refractivity contribution in [2.24, 2.45) is 17.8 Å². The van der Waals surface area contributed by atoms with Gasteiger partial charge in [-0.25, -0.2) is 4.79 Å². The Morgan fingerprint density at radius 3 is 2.48 bits per heavy atom. The van der Waals surface area contributed by atoms with Crippen LogP contribution in [0.5, 0.6) is 0 Å². The largest absolute Gasteiger partial charge is 0.373 e. The Morgan fingerprint density at radius 1 is 1.19 bits per heavy atom. The van der Waals surface area contributed by atoms with Crippen LogP contribution in [0, 0.1) is 24.7 Å². The molecule has 0 spiro atoms. The summed E-state index contributed by atoms with van der Waals surface area (Å²) in [5, 5.41) is 0. The number of rotatable bonds is 4. The second kappa shape index (κ2) is 7.08. The van der Waals surface area contributed by atoms with Gasteiger partial charge in [0.1, 0.15) is 6.10 Å². The summed E-state index contributed by atoms with van der Waals surface area (Å²) in [7, 11) is 0. The molecule has 1 fully saturated rings. The van der Waals surface area contributed by atoms with Gasteiger partial charge < -0.3 is 0 Å². The molecule has 0 amide bonds. The third-order valence-electron chi connectivity index (χ3n) is 4.50. The fourth-order valence-electron chi connectivity index (χ4n) is 3.07. The Morgan fingerprint density at radius 2 is 1.86 bits per heavy atom.